The molecule has 0 heterocycles. The number of hydrogen-bond donors (Lipinski definition) is 1. The van der Waals surface area contributed by atoms with Crippen LogP contribution in [-0.4, -0.2) is 22.2 Å². The highest BCUT2D eigenvalue weighted by Gasteiger charge is 2.19. The van der Waals surface area contributed by atoms with Crippen LogP contribution in [0, 0.1) is 21.8 Å². The smallest absolute Gasteiger partial charge is 0.272 e. The highest BCUT2D eigenvalue weighted by Crippen LogP contribution is 2.20. The molecule has 0 spiro atoms. The van der Waals surface area contributed by atoms with Gasteiger partial charge in [-0.3, -0.25) is 14.9 Å². The Balaban J connectivity index is 2.70. The Labute approximate surface area is 131 Å². The molecule has 0 aromatic heterocycles. The largest absolute Gasteiger partial charge is 0.351 e. The predicted octanol–water partition coefficient (Wildman–Crippen LogP) is 3.66. The molecule has 1 aromatic rings. The number of benzene rings is 1. The highest BCUT2D eigenvalue weighted by molar-refractivity contribution is 9.09. The van der Waals surface area contributed by atoms with Crippen LogP contribution in [0.3, 0.4) is 0 Å². The maximum absolute atomic E-state index is 13.7. The first-order chi connectivity index (χ1) is 9.90. The number of carbonyl (C=O) groups excluding carboxylic acids is 1. The molecule has 0 aliphatic carbocycles. The van der Waals surface area contributed by atoms with Gasteiger partial charge in [-0.25, -0.2) is 4.39 Å². The summed E-state index contributed by atoms with van der Waals surface area (Å²) >= 11 is 3.52. The number of alkyl halides is 1. The van der Waals surface area contributed by atoms with Crippen LogP contribution >= 0.6 is 15.9 Å². The molecule has 1 aromatic carbocycles. The van der Waals surface area contributed by atoms with Crippen molar-refractivity contribution in [2.45, 2.75) is 31.5 Å². The molecule has 1 rings (SSSR count). The molecule has 0 radical (unpaired) electrons. The Morgan fingerprint density at radius 2 is 2.05 bits per heavy atom. The molecule has 0 aliphatic rings. The minimum atomic E-state index is -0.893. The number of nitro benzene ring substituents is 1. The minimum absolute atomic E-state index is 0.109. The van der Waals surface area contributed by atoms with Gasteiger partial charge in [0.15, 0.2) is 0 Å². The van der Waals surface area contributed by atoms with Crippen molar-refractivity contribution in [2.75, 3.05) is 6.54 Å². The van der Waals surface area contributed by atoms with Crippen molar-refractivity contribution in [3.05, 3.63) is 39.7 Å². The first kappa shape index (κ1) is 17.6. The average Bonchev–Trinajstić information content (AvgIpc) is 2.45. The van der Waals surface area contributed by atoms with E-state index < -0.39 is 16.6 Å². The molecule has 5 nitrogen and oxygen atoms in total. The van der Waals surface area contributed by atoms with Gasteiger partial charge >= 0.3 is 0 Å². The lowest BCUT2D eigenvalue weighted by atomic mass is 9.99. The quantitative estimate of drug-likeness (QED) is 0.458. The van der Waals surface area contributed by atoms with Gasteiger partial charge in [0, 0.05) is 17.4 Å². The van der Waals surface area contributed by atoms with Crippen molar-refractivity contribution in [2.24, 2.45) is 5.92 Å². The fourth-order valence-electron chi connectivity index (χ4n) is 2.05. The zero-order valence-electron chi connectivity index (χ0n) is 11.9. The lowest BCUT2D eigenvalue weighted by Crippen LogP contribution is -2.33. The molecule has 116 valence electrons. The molecule has 0 saturated carbocycles. The molecular weight excluding hydrogens is 343 g/mol. The van der Waals surface area contributed by atoms with Crippen molar-refractivity contribution in [1.29, 1.82) is 0 Å². The van der Waals surface area contributed by atoms with Crippen molar-refractivity contribution >= 4 is 27.5 Å². The van der Waals surface area contributed by atoms with Gasteiger partial charge in [-0.05, 0) is 12.0 Å². The maximum Gasteiger partial charge on any atom is 0.272 e. The molecule has 1 amide bonds. The summed E-state index contributed by atoms with van der Waals surface area (Å²) in [6.45, 7) is 4.52. The third-order valence-electron chi connectivity index (χ3n) is 3.43. The SMILES string of the molecule is CCC(CC)C(Br)CNC(=O)c1ccc([N+](=O)[O-])cc1F. The number of nitro groups is 1. The van der Waals surface area contributed by atoms with Gasteiger partial charge in [0.1, 0.15) is 5.82 Å². The van der Waals surface area contributed by atoms with Crippen LogP contribution in [0.25, 0.3) is 0 Å². The lowest BCUT2D eigenvalue weighted by Gasteiger charge is -2.19. The number of hydrogen-bond acceptors (Lipinski definition) is 3. The summed E-state index contributed by atoms with van der Waals surface area (Å²) < 4.78 is 13.7. The molecule has 1 N–H and O–H groups in total. The van der Waals surface area contributed by atoms with E-state index >= 15 is 0 Å². The first-order valence-electron chi connectivity index (χ1n) is 6.76. The highest BCUT2D eigenvalue weighted by atomic mass is 79.9. The third-order valence-corrected chi connectivity index (χ3v) is 4.50. The number of halogens is 2. The van der Waals surface area contributed by atoms with Crippen LogP contribution in [0.15, 0.2) is 18.2 Å². The Hall–Kier alpha value is -1.50. The van der Waals surface area contributed by atoms with E-state index in [1.807, 2.05) is 0 Å². The van der Waals surface area contributed by atoms with Crippen LogP contribution < -0.4 is 5.32 Å². The molecule has 7 heteroatoms. The number of carbonyl (C=O) groups is 1. The Morgan fingerprint density at radius 1 is 1.43 bits per heavy atom. The molecule has 0 aliphatic heterocycles. The van der Waals surface area contributed by atoms with Gasteiger partial charge in [0.2, 0.25) is 0 Å². The monoisotopic (exact) mass is 360 g/mol. The lowest BCUT2D eigenvalue weighted by molar-refractivity contribution is -0.385. The standard InChI is InChI=1S/C14H18BrFN2O3/c1-3-9(4-2)12(15)8-17-14(19)11-6-5-10(18(20)21)7-13(11)16/h5-7,9,12H,3-4,8H2,1-2H3,(H,17,19). The first-order valence-corrected chi connectivity index (χ1v) is 7.68. The average molecular weight is 361 g/mol. The van der Waals surface area contributed by atoms with E-state index in [4.69, 9.17) is 0 Å². The third kappa shape index (κ3) is 4.77. The second kappa shape index (κ2) is 8.07. The number of non-ortho nitro benzene ring substituents is 1. The van der Waals surface area contributed by atoms with Gasteiger partial charge in [-0.15, -0.1) is 0 Å². The number of rotatable bonds is 7. The van der Waals surface area contributed by atoms with Gasteiger partial charge in [0.05, 0.1) is 16.6 Å². The van der Waals surface area contributed by atoms with Crippen LogP contribution in [0.1, 0.15) is 37.0 Å². The van der Waals surface area contributed by atoms with Gasteiger partial charge in [-0.1, -0.05) is 42.6 Å². The van der Waals surface area contributed by atoms with Crippen molar-refractivity contribution in [1.82, 2.24) is 5.32 Å². The summed E-state index contributed by atoms with van der Waals surface area (Å²) in [6.07, 6.45) is 1.96. The summed E-state index contributed by atoms with van der Waals surface area (Å²) in [4.78, 5) is 21.8. The molecule has 1 atom stereocenters. The van der Waals surface area contributed by atoms with E-state index in [-0.39, 0.29) is 16.1 Å². The molecule has 0 saturated heterocycles. The normalized spacial score (nSPS) is 12.2. The van der Waals surface area contributed by atoms with Gasteiger partial charge in [0.25, 0.3) is 11.6 Å². The second-order valence-electron chi connectivity index (χ2n) is 4.72. The molecule has 1 unspecified atom stereocenters. The van der Waals surface area contributed by atoms with Crippen molar-refractivity contribution < 1.29 is 14.1 Å². The van der Waals surface area contributed by atoms with Crippen molar-refractivity contribution in [3.8, 4) is 0 Å². The van der Waals surface area contributed by atoms with Crippen LogP contribution in [0.2, 0.25) is 0 Å². The maximum atomic E-state index is 13.7. The zero-order chi connectivity index (χ0) is 16.0. The van der Waals surface area contributed by atoms with E-state index in [1.165, 1.54) is 0 Å². The zero-order valence-corrected chi connectivity index (χ0v) is 13.5. The topological polar surface area (TPSA) is 72.2 Å². The Kier molecular flexibility index (Phi) is 6.74. The fraction of sp³-hybridized carbons (Fsp3) is 0.500. The van der Waals surface area contributed by atoms with Gasteiger partial charge < -0.3 is 5.32 Å². The van der Waals surface area contributed by atoms with Crippen molar-refractivity contribution in [3.63, 3.8) is 0 Å². The number of nitrogens with zero attached hydrogens (tertiary/aromatic N) is 1. The fourth-order valence-corrected chi connectivity index (χ4v) is 2.96. The predicted molar refractivity (Wildman–Crippen MR) is 82.2 cm³/mol. The van der Waals surface area contributed by atoms with E-state index in [0.29, 0.717) is 12.5 Å². The van der Waals surface area contributed by atoms with E-state index in [9.17, 15) is 19.3 Å². The van der Waals surface area contributed by atoms with Crippen LogP contribution in [0.4, 0.5) is 10.1 Å². The summed E-state index contributed by atoms with van der Waals surface area (Å²) in [5, 5.41) is 13.2. The Bertz CT molecular complexity index is 521. The minimum Gasteiger partial charge on any atom is -0.351 e. The summed E-state index contributed by atoms with van der Waals surface area (Å²) in [7, 11) is 0. The molecular formula is C14H18BrFN2O3. The van der Waals surface area contributed by atoms with Gasteiger partial charge in [-0.2, -0.15) is 0 Å². The Morgan fingerprint density at radius 3 is 2.52 bits per heavy atom. The molecule has 0 fully saturated rings. The number of amides is 1. The molecule has 21 heavy (non-hydrogen) atoms. The number of nitrogens with one attached hydrogen (secondary N) is 1. The van der Waals surface area contributed by atoms with E-state index in [1.54, 1.807) is 0 Å². The van der Waals surface area contributed by atoms with Crippen LogP contribution in [0.5, 0.6) is 0 Å². The summed E-state index contributed by atoms with van der Waals surface area (Å²) in [6, 6.07) is 3.00. The second-order valence-corrected chi connectivity index (χ2v) is 5.90. The summed E-state index contributed by atoms with van der Waals surface area (Å²) in [5.41, 5.74) is -0.565. The van der Waals surface area contributed by atoms with Crippen LogP contribution in [-0.2, 0) is 0 Å². The van der Waals surface area contributed by atoms with E-state index in [0.717, 1.165) is 31.0 Å². The molecule has 0 bridgehead atoms. The van der Waals surface area contributed by atoms with E-state index in [2.05, 4.69) is 35.1 Å². The summed E-state index contributed by atoms with van der Waals surface area (Å²) in [5.74, 6) is -1.04.